The van der Waals surface area contributed by atoms with Crippen LogP contribution in [0, 0.1) is 0 Å². The molecule has 0 spiro atoms. The number of nitrogens with one attached hydrogen (secondary N) is 1. The normalized spacial score (nSPS) is 19.4. The molecular formula is C17H24Cl2N4O2. The number of halogens is 2. The van der Waals surface area contributed by atoms with Crippen LogP contribution in [0.25, 0.3) is 0 Å². The minimum Gasteiger partial charge on any atom is -0.371 e. The Morgan fingerprint density at radius 3 is 3.08 bits per heavy atom. The van der Waals surface area contributed by atoms with Crippen molar-refractivity contribution in [2.75, 3.05) is 26.2 Å². The predicted molar refractivity (Wildman–Crippen MR) is 99.1 cm³/mol. The summed E-state index contributed by atoms with van der Waals surface area (Å²) in [6.07, 6.45) is -0.153. The Kier molecular flexibility index (Phi) is 7.65. The Morgan fingerprint density at radius 1 is 1.48 bits per heavy atom. The van der Waals surface area contributed by atoms with E-state index in [-0.39, 0.29) is 24.6 Å². The second kappa shape index (κ2) is 9.50. The molecule has 6 nitrogen and oxygen atoms in total. The molecule has 2 aromatic rings. The van der Waals surface area contributed by atoms with Gasteiger partial charge in [-0.05, 0) is 31.5 Å². The van der Waals surface area contributed by atoms with E-state index < -0.39 is 0 Å². The van der Waals surface area contributed by atoms with Crippen LogP contribution >= 0.6 is 24.0 Å². The number of aromatic nitrogens is 2. The van der Waals surface area contributed by atoms with Gasteiger partial charge in [0.05, 0.1) is 6.54 Å². The number of benzene rings is 1. The highest BCUT2D eigenvalue weighted by Gasteiger charge is 2.26. The molecule has 3 rings (SSSR count). The highest BCUT2D eigenvalue weighted by molar-refractivity contribution is 6.30. The van der Waals surface area contributed by atoms with E-state index in [0.717, 1.165) is 24.7 Å². The summed E-state index contributed by atoms with van der Waals surface area (Å²) in [4.78, 5) is 6.82. The second-order valence-corrected chi connectivity index (χ2v) is 6.33. The maximum Gasteiger partial charge on any atom is 0.240 e. The number of piperazine rings is 1. The molecule has 0 radical (unpaired) electrons. The monoisotopic (exact) mass is 386 g/mol. The van der Waals surface area contributed by atoms with Crippen molar-refractivity contribution in [3.05, 3.63) is 46.6 Å². The fourth-order valence-electron chi connectivity index (χ4n) is 2.97. The van der Waals surface area contributed by atoms with Crippen molar-refractivity contribution in [3.8, 4) is 0 Å². The lowest BCUT2D eigenvalue weighted by Crippen LogP contribution is -2.45. The molecule has 2 atom stereocenters. The van der Waals surface area contributed by atoms with E-state index in [1.54, 1.807) is 0 Å². The van der Waals surface area contributed by atoms with Crippen molar-refractivity contribution in [1.29, 1.82) is 0 Å². The summed E-state index contributed by atoms with van der Waals surface area (Å²) in [7, 11) is 0. The topological polar surface area (TPSA) is 63.4 Å². The Balaban J connectivity index is 0.00000225. The van der Waals surface area contributed by atoms with Crippen LogP contribution in [0.15, 0.2) is 28.8 Å². The van der Waals surface area contributed by atoms with E-state index in [1.165, 1.54) is 5.56 Å². The minimum atomic E-state index is -0.153. The number of hydrogen-bond donors (Lipinski definition) is 1. The average Bonchev–Trinajstić information content (AvgIpc) is 3.04. The number of hydrogen-bond acceptors (Lipinski definition) is 6. The lowest BCUT2D eigenvalue weighted by molar-refractivity contribution is 0.0683. The largest absolute Gasteiger partial charge is 0.371 e. The third-order valence-corrected chi connectivity index (χ3v) is 4.43. The minimum absolute atomic E-state index is 0. The molecule has 1 fully saturated rings. The summed E-state index contributed by atoms with van der Waals surface area (Å²) in [5, 5.41) is 8.23. The summed E-state index contributed by atoms with van der Waals surface area (Å²) in [5.41, 5.74) is 1.19. The summed E-state index contributed by atoms with van der Waals surface area (Å²) in [6, 6.07) is 8.23. The maximum atomic E-state index is 6.15. The summed E-state index contributed by atoms with van der Waals surface area (Å²) in [6.45, 7) is 7.84. The Hall–Kier alpha value is -1.18. The predicted octanol–water partition coefficient (Wildman–Crippen LogP) is 3.39. The number of ether oxygens (including phenoxy) is 1. The molecule has 1 N–H and O–H groups in total. The first-order valence-electron chi connectivity index (χ1n) is 8.31. The van der Waals surface area contributed by atoms with E-state index in [1.807, 2.05) is 32.0 Å². The zero-order valence-corrected chi connectivity index (χ0v) is 16.0. The fourth-order valence-corrected chi connectivity index (χ4v) is 3.17. The third-order valence-electron chi connectivity index (χ3n) is 4.19. The number of rotatable bonds is 6. The van der Waals surface area contributed by atoms with Crippen LogP contribution in [0.1, 0.15) is 43.3 Å². The van der Waals surface area contributed by atoms with Gasteiger partial charge in [0.1, 0.15) is 6.10 Å². The zero-order chi connectivity index (χ0) is 16.9. The van der Waals surface area contributed by atoms with E-state index in [4.69, 9.17) is 20.9 Å². The quantitative estimate of drug-likeness (QED) is 0.820. The Bertz CT molecular complexity index is 668. The maximum absolute atomic E-state index is 6.15. The molecular weight excluding hydrogens is 363 g/mol. The Labute approximate surface area is 159 Å². The molecule has 2 heterocycles. The van der Waals surface area contributed by atoms with Crippen LogP contribution < -0.4 is 5.32 Å². The van der Waals surface area contributed by atoms with Crippen LogP contribution in [0.3, 0.4) is 0 Å². The van der Waals surface area contributed by atoms with Gasteiger partial charge in [-0.15, -0.1) is 12.4 Å². The first kappa shape index (κ1) is 20.1. The first-order chi connectivity index (χ1) is 11.7. The highest BCUT2D eigenvalue weighted by atomic mass is 35.5. The molecule has 2 unspecified atom stereocenters. The third kappa shape index (κ3) is 5.15. The fraction of sp³-hybridized carbons (Fsp3) is 0.529. The summed E-state index contributed by atoms with van der Waals surface area (Å²) >= 11 is 6.15. The van der Waals surface area contributed by atoms with Gasteiger partial charge in [0.15, 0.2) is 5.82 Å². The van der Waals surface area contributed by atoms with Crippen molar-refractivity contribution in [1.82, 2.24) is 20.4 Å². The highest BCUT2D eigenvalue weighted by Crippen LogP contribution is 2.26. The van der Waals surface area contributed by atoms with Gasteiger partial charge in [-0.2, -0.15) is 4.98 Å². The van der Waals surface area contributed by atoms with Crippen LogP contribution in [-0.2, 0) is 11.3 Å². The smallest absolute Gasteiger partial charge is 0.240 e. The molecule has 1 aliphatic rings. The zero-order valence-electron chi connectivity index (χ0n) is 14.4. The molecule has 1 aromatic carbocycles. The van der Waals surface area contributed by atoms with E-state index >= 15 is 0 Å². The first-order valence-corrected chi connectivity index (χ1v) is 8.69. The standard InChI is InChI=1S/C17H23ClN4O2.ClH/c1-3-23-12(2)17-20-16(24-21-17)11-22-8-7-19-10-15(22)13-5-4-6-14(18)9-13;/h4-6,9,12,15,19H,3,7-8,10-11H2,1-2H3;1H. The van der Waals surface area contributed by atoms with Crippen molar-refractivity contribution < 1.29 is 9.26 Å². The van der Waals surface area contributed by atoms with Crippen LogP contribution in [-0.4, -0.2) is 41.3 Å². The van der Waals surface area contributed by atoms with Gasteiger partial charge in [-0.1, -0.05) is 28.9 Å². The van der Waals surface area contributed by atoms with E-state index in [9.17, 15) is 0 Å². The van der Waals surface area contributed by atoms with Gasteiger partial charge in [-0.3, -0.25) is 4.90 Å². The van der Waals surface area contributed by atoms with Gasteiger partial charge in [0, 0.05) is 37.3 Å². The number of nitrogens with zero attached hydrogens (tertiary/aromatic N) is 3. The summed E-state index contributed by atoms with van der Waals surface area (Å²) < 4.78 is 10.9. The lowest BCUT2D eigenvalue weighted by Gasteiger charge is -2.35. The van der Waals surface area contributed by atoms with E-state index in [0.29, 0.717) is 24.9 Å². The van der Waals surface area contributed by atoms with Crippen LogP contribution in [0.5, 0.6) is 0 Å². The molecule has 1 aromatic heterocycles. The van der Waals surface area contributed by atoms with Crippen molar-refractivity contribution in [2.45, 2.75) is 32.5 Å². The van der Waals surface area contributed by atoms with Crippen molar-refractivity contribution in [2.24, 2.45) is 0 Å². The molecule has 8 heteroatoms. The SMILES string of the molecule is CCOC(C)c1noc(CN2CCNCC2c2cccc(Cl)c2)n1.Cl. The molecule has 1 saturated heterocycles. The molecule has 1 aliphatic heterocycles. The van der Waals surface area contributed by atoms with Gasteiger partial charge >= 0.3 is 0 Å². The van der Waals surface area contributed by atoms with Gasteiger partial charge in [0.2, 0.25) is 5.89 Å². The lowest BCUT2D eigenvalue weighted by atomic mass is 10.0. The van der Waals surface area contributed by atoms with Gasteiger partial charge in [-0.25, -0.2) is 0 Å². The van der Waals surface area contributed by atoms with Crippen molar-refractivity contribution in [3.63, 3.8) is 0 Å². The average molecular weight is 387 g/mol. The second-order valence-electron chi connectivity index (χ2n) is 5.89. The molecule has 0 aliphatic carbocycles. The van der Waals surface area contributed by atoms with Gasteiger partial charge in [0.25, 0.3) is 0 Å². The summed E-state index contributed by atoms with van der Waals surface area (Å²) in [5.74, 6) is 1.21. The van der Waals surface area contributed by atoms with Crippen LogP contribution in [0.2, 0.25) is 5.02 Å². The molecule has 0 amide bonds. The van der Waals surface area contributed by atoms with Gasteiger partial charge < -0.3 is 14.6 Å². The van der Waals surface area contributed by atoms with Crippen LogP contribution in [0.4, 0.5) is 0 Å². The molecule has 138 valence electrons. The Morgan fingerprint density at radius 2 is 2.32 bits per heavy atom. The van der Waals surface area contributed by atoms with Crippen molar-refractivity contribution >= 4 is 24.0 Å². The molecule has 0 bridgehead atoms. The molecule has 25 heavy (non-hydrogen) atoms. The van der Waals surface area contributed by atoms with E-state index in [2.05, 4.69) is 26.4 Å². The molecule has 0 saturated carbocycles.